The van der Waals surface area contributed by atoms with Gasteiger partial charge in [0.05, 0.1) is 0 Å². The van der Waals surface area contributed by atoms with Gasteiger partial charge in [-0.15, -0.1) is 0 Å². The molecule has 1 amide bonds. The average molecular weight is 291 g/mol. The molecule has 0 fully saturated rings. The fourth-order valence-corrected chi connectivity index (χ4v) is 2.06. The Kier molecular flexibility index (Phi) is 5.64. The molecule has 5 nitrogen and oxygen atoms in total. The van der Waals surface area contributed by atoms with Gasteiger partial charge in [-0.1, -0.05) is 44.2 Å². The van der Waals surface area contributed by atoms with E-state index in [4.69, 9.17) is 5.11 Å². The van der Waals surface area contributed by atoms with Crippen LogP contribution in [0.15, 0.2) is 30.3 Å². The second-order valence-corrected chi connectivity index (χ2v) is 5.95. The molecule has 1 aromatic carbocycles. The second-order valence-electron chi connectivity index (χ2n) is 5.95. The normalized spacial score (nSPS) is 11.0. The number of aliphatic carboxylic acids is 1. The lowest BCUT2D eigenvalue weighted by atomic mass is 9.82. The minimum Gasteiger partial charge on any atom is -0.480 e. The number of likely N-dealkylation sites (N-methyl/N-ethyl adjacent to an activating group) is 1. The predicted molar refractivity (Wildman–Crippen MR) is 79.1 cm³/mol. The molecular weight excluding hydrogens is 270 g/mol. The van der Waals surface area contributed by atoms with Gasteiger partial charge in [0.2, 0.25) is 5.91 Å². The summed E-state index contributed by atoms with van der Waals surface area (Å²) in [5.74, 6) is -1.35. The molecule has 0 aliphatic rings. The van der Waals surface area contributed by atoms with Gasteiger partial charge in [0.15, 0.2) is 5.78 Å². The van der Waals surface area contributed by atoms with Gasteiger partial charge in [-0.2, -0.15) is 0 Å². The van der Waals surface area contributed by atoms with E-state index in [1.54, 1.807) is 24.3 Å². The first-order valence-corrected chi connectivity index (χ1v) is 6.75. The molecule has 1 rings (SSSR count). The maximum atomic E-state index is 12.2. The highest BCUT2D eigenvalue weighted by molar-refractivity contribution is 5.96. The lowest BCUT2D eigenvalue weighted by Crippen LogP contribution is -2.35. The molecule has 0 unspecified atom stereocenters. The number of hydrogen-bond acceptors (Lipinski definition) is 3. The van der Waals surface area contributed by atoms with Crippen LogP contribution in [0.3, 0.4) is 0 Å². The number of benzene rings is 1. The van der Waals surface area contributed by atoms with Gasteiger partial charge >= 0.3 is 5.97 Å². The van der Waals surface area contributed by atoms with Crippen molar-refractivity contribution in [1.29, 1.82) is 0 Å². The molecule has 0 aliphatic carbocycles. The highest BCUT2D eigenvalue weighted by Gasteiger charge is 2.27. The zero-order valence-electron chi connectivity index (χ0n) is 12.6. The monoisotopic (exact) mass is 291 g/mol. The van der Waals surface area contributed by atoms with E-state index in [2.05, 4.69) is 0 Å². The first-order valence-electron chi connectivity index (χ1n) is 6.75. The summed E-state index contributed by atoms with van der Waals surface area (Å²) in [5.41, 5.74) is 0.105. The minimum atomic E-state index is -1.05. The third-order valence-electron chi connectivity index (χ3n) is 3.16. The van der Waals surface area contributed by atoms with Crippen molar-refractivity contribution >= 4 is 17.7 Å². The molecule has 0 saturated heterocycles. The van der Waals surface area contributed by atoms with E-state index in [0.717, 1.165) is 4.90 Å². The van der Waals surface area contributed by atoms with Gasteiger partial charge in [-0.3, -0.25) is 14.4 Å². The maximum absolute atomic E-state index is 12.2. The van der Waals surface area contributed by atoms with Gasteiger partial charge < -0.3 is 10.0 Å². The Balaban J connectivity index is 2.63. The first-order chi connectivity index (χ1) is 9.71. The Morgan fingerprint density at radius 1 is 1.10 bits per heavy atom. The van der Waals surface area contributed by atoms with Crippen molar-refractivity contribution in [2.24, 2.45) is 5.41 Å². The van der Waals surface area contributed by atoms with Crippen molar-refractivity contribution in [3.05, 3.63) is 35.9 Å². The molecule has 1 N–H and O–H groups in total. The summed E-state index contributed by atoms with van der Waals surface area (Å²) in [6, 6.07) is 8.93. The van der Waals surface area contributed by atoms with Crippen LogP contribution in [0.1, 0.15) is 37.0 Å². The topological polar surface area (TPSA) is 74.7 Å². The number of amides is 1. The van der Waals surface area contributed by atoms with Crippen LogP contribution in [-0.2, 0) is 9.59 Å². The van der Waals surface area contributed by atoms with Crippen molar-refractivity contribution in [2.45, 2.75) is 26.7 Å². The number of Topliss-reactive ketones (excluding diaryl/α,β-unsaturated/α-hetero) is 1. The Morgan fingerprint density at radius 3 is 2.19 bits per heavy atom. The van der Waals surface area contributed by atoms with Crippen molar-refractivity contribution < 1.29 is 19.5 Å². The number of carbonyl (C=O) groups excluding carboxylic acids is 2. The molecule has 0 atom stereocenters. The Bertz CT molecular complexity index is 522. The summed E-state index contributed by atoms with van der Waals surface area (Å²) < 4.78 is 0. The van der Waals surface area contributed by atoms with Crippen molar-refractivity contribution in [3.8, 4) is 0 Å². The van der Waals surface area contributed by atoms with E-state index in [-0.39, 0.29) is 31.1 Å². The predicted octanol–water partition coefficient (Wildman–Crippen LogP) is 2.22. The standard InChI is InChI=1S/C16H21NO4/c1-16(2,10-14(19)17(3)11-15(20)21)9-13(18)12-7-5-4-6-8-12/h4-8H,9-11H2,1-3H3,(H,20,21). The van der Waals surface area contributed by atoms with E-state index in [1.165, 1.54) is 7.05 Å². The summed E-state index contributed by atoms with van der Waals surface area (Å²) in [7, 11) is 1.45. The SMILES string of the molecule is CN(CC(=O)O)C(=O)CC(C)(C)CC(=O)c1ccccc1. The van der Waals surface area contributed by atoms with E-state index in [1.807, 2.05) is 19.9 Å². The van der Waals surface area contributed by atoms with E-state index >= 15 is 0 Å². The highest BCUT2D eigenvalue weighted by atomic mass is 16.4. The Morgan fingerprint density at radius 2 is 1.67 bits per heavy atom. The smallest absolute Gasteiger partial charge is 0.323 e. The van der Waals surface area contributed by atoms with E-state index in [0.29, 0.717) is 5.56 Å². The summed E-state index contributed by atoms with van der Waals surface area (Å²) in [5, 5.41) is 8.68. The van der Waals surface area contributed by atoms with Gasteiger partial charge in [0, 0.05) is 25.5 Å². The lowest BCUT2D eigenvalue weighted by Gasteiger charge is -2.25. The summed E-state index contributed by atoms with van der Waals surface area (Å²) in [6.07, 6.45) is 0.374. The maximum Gasteiger partial charge on any atom is 0.323 e. The van der Waals surface area contributed by atoms with Crippen LogP contribution < -0.4 is 0 Å². The van der Waals surface area contributed by atoms with Gasteiger partial charge in [0.1, 0.15) is 6.54 Å². The van der Waals surface area contributed by atoms with Crippen LogP contribution in [0.4, 0.5) is 0 Å². The van der Waals surface area contributed by atoms with Crippen molar-refractivity contribution in [2.75, 3.05) is 13.6 Å². The summed E-state index contributed by atoms with van der Waals surface area (Å²) in [6.45, 7) is 3.34. The number of hydrogen-bond donors (Lipinski definition) is 1. The fourth-order valence-electron chi connectivity index (χ4n) is 2.06. The third kappa shape index (κ3) is 5.77. The Hall–Kier alpha value is -2.17. The second kappa shape index (κ2) is 7.02. The average Bonchev–Trinajstić information content (AvgIpc) is 2.37. The molecule has 114 valence electrons. The van der Waals surface area contributed by atoms with E-state index < -0.39 is 11.4 Å². The quantitative estimate of drug-likeness (QED) is 0.782. The van der Waals surface area contributed by atoms with Gasteiger partial charge in [-0.25, -0.2) is 0 Å². The summed E-state index contributed by atoms with van der Waals surface area (Å²) >= 11 is 0. The number of nitrogens with zero attached hydrogens (tertiary/aromatic N) is 1. The number of carbonyl (C=O) groups is 3. The lowest BCUT2D eigenvalue weighted by molar-refractivity contribution is -0.144. The molecule has 0 bridgehead atoms. The molecule has 5 heteroatoms. The molecule has 0 spiro atoms. The van der Waals surface area contributed by atoms with Crippen LogP contribution in [0.2, 0.25) is 0 Å². The van der Waals surface area contributed by atoms with Crippen LogP contribution in [-0.4, -0.2) is 41.3 Å². The largest absolute Gasteiger partial charge is 0.480 e. The van der Waals surface area contributed by atoms with Gasteiger partial charge in [0.25, 0.3) is 0 Å². The number of carboxylic acids is 1. The molecule has 0 saturated carbocycles. The van der Waals surface area contributed by atoms with Crippen molar-refractivity contribution in [3.63, 3.8) is 0 Å². The molecule has 0 aliphatic heterocycles. The number of carboxylic acid groups (broad SMARTS) is 1. The van der Waals surface area contributed by atoms with Gasteiger partial charge in [-0.05, 0) is 5.41 Å². The van der Waals surface area contributed by atoms with Crippen LogP contribution in [0.5, 0.6) is 0 Å². The molecule has 1 aromatic rings. The summed E-state index contributed by atoms with van der Waals surface area (Å²) in [4.78, 5) is 35.9. The number of ketones is 1. The highest BCUT2D eigenvalue weighted by Crippen LogP contribution is 2.27. The number of rotatable bonds is 7. The fraction of sp³-hybridized carbons (Fsp3) is 0.438. The molecule has 0 heterocycles. The van der Waals surface area contributed by atoms with Crippen LogP contribution in [0, 0.1) is 5.41 Å². The molecule has 0 aromatic heterocycles. The van der Waals surface area contributed by atoms with Crippen molar-refractivity contribution in [1.82, 2.24) is 4.90 Å². The first kappa shape index (κ1) is 16.9. The molecule has 0 radical (unpaired) electrons. The van der Waals surface area contributed by atoms with E-state index in [9.17, 15) is 14.4 Å². The molecular formula is C16H21NO4. The van der Waals surface area contributed by atoms with Crippen LogP contribution >= 0.6 is 0 Å². The zero-order valence-corrected chi connectivity index (χ0v) is 12.6. The van der Waals surface area contributed by atoms with Crippen LogP contribution in [0.25, 0.3) is 0 Å². The third-order valence-corrected chi connectivity index (χ3v) is 3.16. The minimum absolute atomic E-state index is 0.0192. The molecule has 21 heavy (non-hydrogen) atoms. The zero-order chi connectivity index (χ0) is 16.0. The Labute approximate surface area is 124 Å².